The van der Waals surface area contributed by atoms with Gasteiger partial charge < -0.3 is 4.57 Å². The zero-order valence-corrected chi connectivity index (χ0v) is 16.0. The summed E-state index contributed by atoms with van der Waals surface area (Å²) in [5.74, 6) is 0. The van der Waals surface area contributed by atoms with Gasteiger partial charge in [-0.25, -0.2) is 4.98 Å². The smallest absolute Gasteiger partial charge is 0.301 e. The molecule has 144 valence electrons. The second-order valence-electron chi connectivity index (χ2n) is 6.27. The maximum absolute atomic E-state index is 13.5. The fourth-order valence-electron chi connectivity index (χ4n) is 2.92. The van der Waals surface area contributed by atoms with Gasteiger partial charge in [-0.3, -0.25) is 4.79 Å². The van der Waals surface area contributed by atoms with E-state index in [1.807, 2.05) is 19.9 Å². The summed E-state index contributed by atoms with van der Waals surface area (Å²) in [5, 5.41) is 11.9. The number of benzene rings is 1. The van der Waals surface area contributed by atoms with Crippen LogP contribution in [0.25, 0.3) is 11.3 Å². The molecule has 0 radical (unpaired) electrons. The summed E-state index contributed by atoms with van der Waals surface area (Å²) in [4.78, 5) is 17.2. The number of hydrogen-bond acceptors (Lipinski definition) is 4. The van der Waals surface area contributed by atoms with Gasteiger partial charge in [0.2, 0.25) is 0 Å². The molecular formula is C20H16F3N3OS. The molecule has 0 aliphatic heterocycles. The van der Waals surface area contributed by atoms with Crippen LogP contribution >= 0.6 is 11.3 Å². The topological polar surface area (TPSA) is 58.7 Å². The third-order valence-electron chi connectivity index (χ3n) is 4.25. The normalized spacial score (nSPS) is 11.4. The molecule has 4 nitrogen and oxygen atoms in total. The van der Waals surface area contributed by atoms with E-state index in [1.165, 1.54) is 22.0 Å². The zero-order chi connectivity index (χ0) is 20.5. The number of nitrogens with zero attached hydrogens (tertiary/aromatic N) is 3. The van der Waals surface area contributed by atoms with Gasteiger partial charge in [0.15, 0.2) is 0 Å². The molecule has 0 amide bonds. The van der Waals surface area contributed by atoms with Crippen LogP contribution in [0, 0.1) is 18.3 Å². The number of aromatic nitrogens is 2. The van der Waals surface area contributed by atoms with Crippen molar-refractivity contribution >= 4 is 11.3 Å². The predicted octanol–water partition coefficient (Wildman–Crippen LogP) is 4.78. The second kappa shape index (κ2) is 7.60. The highest BCUT2D eigenvalue weighted by Gasteiger charge is 2.36. The highest BCUT2D eigenvalue weighted by molar-refractivity contribution is 7.09. The lowest BCUT2D eigenvalue weighted by Gasteiger charge is -2.17. The number of pyridine rings is 1. The van der Waals surface area contributed by atoms with Crippen molar-refractivity contribution in [3.05, 3.63) is 73.5 Å². The van der Waals surface area contributed by atoms with Gasteiger partial charge in [-0.05, 0) is 31.0 Å². The number of alkyl halides is 3. The first-order chi connectivity index (χ1) is 13.2. The second-order valence-corrected chi connectivity index (χ2v) is 7.22. The van der Waals surface area contributed by atoms with Crippen molar-refractivity contribution in [3.8, 4) is 17.3 Å². The monoisotopic (exact) mass is 403 g/mol. The van der Waals surface area contributed by atoms with Crippen molar-refractivity contribution in [2.75, 3.05) is 0 Å². The van der Waals surface area contributed by atoms with Gasteiger partial charge in [0.05, 0.1) is 28.5 Å². The van der Waals surface area contributed by atoms with Crippen LogP contribution in [0.15, 0.2) is 40.5 Å². The molecule has 2 aromatic heterocycles. The van der Waals surface area contributed by atoms with E-state index < -0.39 is 22.9 Å². The molecule has 0 N–H and O–H groups in total. The number of hydrogen-bond donors (Lipinski definition) is 0. The van der Waals surface area contributed by atoms with Crippen LogP contribution in [-0.4, -0.2) is 9.55 Å². The third kappa shape index (κ3) is 3.85. The molecule has 3 aromatic rings. The Morgan fingerprint density at radius 3 is 2.61 bits per heavy atom. The minimum Gasteiger partial charge on any atom is -0.301 e. The first-order valence-electron chi connectivity index (χ1n) is 8.50. The van der Waals surface area contributed by atoms with Crippen LogP contribution in [0.4, 0.5) is 13.2 Å². The minimum absolute atomic E-state index is 0.00851. The van der Waals surface area contributed by atoms with Crippen molar-refractivity contribution in [2.45, 2.75) is 33.0 Å². The average molecular weight is 403 g/mol. The Labute approximate surface area is 163 Å². The molecule has 0 unspecified atom stereocenters. The van der Waals surface area contributed by atoms with Gasteiger partial charge >= 0.3 is 6.18 Å². The summed E-state index contributed by atoms with van der Waals surface area (Å²) in [6.07, 6.45) is -4.08. The van der Waals surface area contributed by atoms with E-state index in [0.717, 1.165) is 23.1 Å². The number of thiazole rings is 1. The summed E-state index contributed by atoms with van der Waals surface area (Å²) >= 11 is 1.42. The van der Waals surface area contributed by atoms with Crippen molar-refractivity contribution in [3.63, 3.8) is 0 Å². The van der Waals surface area contributed by atoms with Crippen LogP contribution in [-0.2, 0) is 19.1 Å². The summed E-state index contributed by atoms with van der Waals surface area (Å²) in [5.41, 5.74) is -1.11. The van der Waals surface area contributed by atoms with Crippen LogP contribution in [0.3, 0.4) is 0 Å². The molecule has 8 heteroatoms. The molecule has 0 saturated carbocycles. The number of aryl methyl sites for hydroxylation is 2. The fourth-order valence-corrected chi connectivity index (χ4v) is 3.66. The molecule has 1 aromatic carbocycles. The number of rotatable bonds is 4. The molecule has 0 fully saturated rings. The number of nitriles is 1. The van der Waals surface area contributed by atoms with Gasteiger partial charge in [0.1, 0.15) is 11.6 Å². The Hall–Kier alpha value is -2.92. The Kier molecular flexibility index (Phi) is 5.38. The van der Waals surface area contributed by atoms with Gasteiger partial charge in [-0.2, -0.15) is 18.4 Å². The Bertz CT molecular complexity index is 1120. The molecule has 0 spiro atoms. The Morgan fingerprint density at radius 1 is 1.29 bits per heavy atom. The molecule has 28 heavy (non-hydrogen) atoms. The highest BCUT2D eigenvalue weighted by Crippen LogP contribution is 2.34. The quantitative estimate of drug-likeness (QED) is 0.630. The van der Waals surface area contributed by atoms with Crippen molar-refractivity contribution in [2.24, 2.45) is 0 Å². The lowest BCUT2D eigenvalue weighted by molar-refractivity contribution is -0.137. The fraction of sp³-hybridized carbons (Fsp3) is 0.250. The van der Waals surface area contributed by atoms with E-state index in [1.54, 1.807) is 23.6 Å². The molecule has 0 aliphatic carbocycles. The van der Waals surface area contributed by atoms with Crippen LogP contribution in [0.2, 0.25) is 0 Å². The summed E-state index contributed by atoms with van der Waals surface area (Å²) in [7, 11) is 0. The highest BCUT2D eigenvalue weighted by atomic mass is 32.1. The van der Waals surface area contributed by atoms with Gasteiger partial charge in [-0.1, -0.05) is 30.7 Å². The zero-order valence-electron chi connectivity index (χ0n) is 15.2. The SMILES string of the molecule is CCc1nc(Cn2c(-c3cccc(C)c3)cc(C(F)(F)F)c(C#N)c2=O)cs1. The van der Waals surface area contributed by atoms with E-state index in [2.05, 4.69) is 4.98 Å². The number of halogens is 3. The van der Waals surface area contributed by atoms with Gasteiger partial charge in [0, 0.05) is 5.38 Å². The van der Waals surface area contributed by atoms with Gasteiger partial charge in [0.25, 0.3) is 5.56 Å². The van der Waals surface area contributed by atoms with Crippen molar-refractivity contribution < 1.29 is 13.2 Å². The van der Waals surface area contributed by atoms with Crippen molar-refractivity contribution in [1.82, 2.24) is 9.55 Å². The van der Waals surface area contributed by atoms with Crippen LogP contribution in [0.1, 0.15) is 34.3 Å². The Morgan fingerprint density at radius 2 is 2.04 bits per heavy atom. The average Bonchev–Trinajstić information content (AvgIpc) is 3.10. The van der Waals surface area contributed by atoms with E-state index in [0.29, 0.717) is 11.3 Å². The van der Waals surface area contributed by atoms with E-state index in [-0.39, 0.29) is 12.2 Å². The van der Waals surface area contributed by atoms with Crippen molar-refractivity contribution in [1.29, 1.82) is 5.26 Å². The molecule has 0 aliphatic rings. The van der Waals surface area contributed by atoms with Crippen LogP contribution < -0.4 is 5.56 Å². The first kappa shape index (κ1) is 19.8. The molecule has 0 saturated heterocycles. The Balaban J connectivity index is 2.29. The molecule has 0 atom stereocenters. The maximum atomic E-state index is 13.5. The summed E-state index contributed by atoms with van der Waals surface area (Å²) in [6, 6.07) is 9.18. The lowest BCUT2D eigenvalue weighted by atomic mass is 10.0. The van der Waals surface area contributed by atoms with E-state index in [9.17, 15) is 23.2 Å². The van der Waals surface area contributed by atoms with E-state index in [4.69, 9.17) is 0 Å². The predicted molar refractivity (Wildman–Crippen MR) is 101 cm³/mol. The van der Waals surface area contributed by atoms with Crippen LogP contribution in [0.5, 0.6) is 0 Å². The third-order valence-corrected chi connectivity index (χ3v) is 5.30. The molecule has 2 heterocycles. The van der Waals surface area contributed by atoms with Gasteiger partial charge in [-0.15, -0.1) is 11.3 Å². The first-order valence-corrected chi connectivity index (χ1v) is 9.38. The molecular weight excluding hydrogens is 387 g/mol. The maximum Gasteiger partial charge on any atom is 0.417 e. The largest absolute Gasteiger partial charge is 0.417 e. The molecule has 0 bridgehead atoms. The lowest BCUT2D eigenvalue weighted by Crippen LogP contribution is -2.28. The molecule has 3 rings (SSSR count). The minimum atomic E-state index is -4.81. The standard InChI is InChI=1S/C20H16F3N3OS/c1-3-18-25-14(11-28-18)10-26-17(13-6-4-5-12(2)7-13)8-16(20(21,22)23)15(9-24)19(26)27/h4-8,11H,3,10H2,1-2H3. The summed E-state index contributed by atoms with van der Waals surface area (Å²) in [6.45, 7) is 3.75. The summed E-state index contributed by atoms with van der Waals surface area (Å²) < 4.78 is 41.7. The van der Waals surface area contributed by atoms with E-state index >= 15 is 0 Å².